The van der Waals surface area contributed by atoms with E-state index in [2.05, 4.69) is 11.4 Å². The smallest absolute Gasteiger partial charge is 0.255 e. The van der Waals surface area contributed by atoms with E-state index in [0.29, 0.717) is 17.4 Å². The largest absolute Gasteiger partial charge is 0.321 e. The number of fused-ring (bicyclic) bond motifs is 1. The van der Waals surface area contributed by atoms with Crippen LogP contribution in [0.3, 0.4) is 0 Å². The molecule has 2 aromatic rings. The van der Waals surface area contributed by atoms with E-state index in [1.807, 2.05) is 48.2 Å². The molecule has 1 saturated carbocycles. The van der Waals surface area contributed by atoms with Gasteiger partial charge in [-0.15, -0.1) is 11.8 Å². The van der Waals surface area contributed by atoms with Crippen molar-refractivity contribution in [2.45, 2.75) is 49.2 Å². The van der Waals surface area contributed by atoms with E-state index in [-0.39, 0.29) is 11.8 Å². The van der Waals surface area contributed by atoms with E-state index in [0.717, 1.165) is 28.3 Å². The zero-order valence-corrected chi connectivity index (χ0v) is 16.3. The third kappa shape index (κ3) is 3.88. The van der Waals surface area contributed by atoms with Gasteiger partial charge in [-0.05, 0) is 55.2 Å². The molecule has 0 unspecified atom stereocenters. The second kappa shape index (κ2) is 7.77. The molecule has 0 bridgehead atoms. The van der Waals surface area contributed by atoms with Crippen LogP contribution in [0, 0.1) is 0 Å². The first-order valence-electron chi connectivity index (χ1n) is 9.60. The minimum atomic E-state index is -0.0986. The Bertz CT molecular complexity index is 874. The molecule has 0 saturated heterocycles. The van der Waals surface area contributed by atoms with Crippen molar-refractivity contribution in [1.82, 2.24) is 0 Å². The van der Waals surface area contributed by atoms with Crippen molar-refractivity contribution < 1.29 is 9.59 Å². The van der Waals surface area contributed by atoms with E-state index in [9.17, 15) is 9.59 Å². The molecule has 2 amide bonds. The summed E-state index contributed by atoms with van der Waals surface area (Å²) in [6.45, 7) is 2.27. The first-order valence-corrected chi connectivity index (χ1v) is 10.5. The lowest BCUT2D eigenvalue weighted by Gasteiger charge is -2.16. The maximum absolute atomic E-state index is 12.8. The quantitative estimate of drug-likeness (QED) is 0.822. The fourth-order valence-electron chi connectivity index (χ4n) is 3.92. The second-order valence-electron chi connectivity index (χ2n) is 7.24. The molecule has 2 aromatic carbocycles. The van der Waals surface area contributed by atoms with Crippen molar-refractivity contribution in [2.75, 3.05) is 16.8 Å². The minimum Gasteiger partial charge on any atom is -0.321 e. The summed E-state index contributed by atoms with van der Waals surface area (Å²) in [5.41, 5.74) is 3.51. The molecule has 140 valence electrons. The average molecular weight is 381 g/mol. The molecule has 1 heterocycles. The zero-order valence-electron chi connectivity index (χ0n) is 15.5. The Balaban J connectivity index is 1.51. The van der Waals surface area contributed by atoms with E-state index >= 15 is 0 Å². The van der Waals surface area contributed by atoms with Gasteiger partial charge in [-0.2, -0.15) is 0 Å². The van der Waals surface area contributed by atoms with E-state index in [4.69, 9.17) is 0 Å². The third-order valence-electron chi connectivity index (χ3n) is 5.35. The molecule has 1 N–H and O–H groups in total. The first-order chi connectivity index (χ1) is 13.1. The molecular weight excluding hydrogens is 356 g/mol. The molecule has 1 fully saturated rings. The van der Waals surface area contributed by atoms with Crippen LogP contribution in [0.2, 0.25) is 0 Å². The Kier molecular flexibility index (Phi) is 5.21. The summed E-state index contributed by atoms with van der Waals surface area (Å²) in [7, 11) is 0. The van der Waals surface area contributed by atoms with Crippen molar-refractivity contribution in [1.29, 1.82) is 0 Å². The standard InChI is InChI=1S/C22H24N2O2S/c1-15(25)24-13-12-16-14-17(10-11-20(16)24)22(26)23-19-8-4-5-9-21(19)27-18-6-2-3-7-18/h4-5,8-11,14,18H,2-3,6-7,12-13H2,1H3,(H,23,26). The van der Waals surface area contributed by atoms with Crippen molar-refractivity contribution >= 4 is 35.0 Å². The monoisotopic (exact) mass is 380 g/mol. The van der Waals surface area contributed by atoms with Crippen molar-refractivity contribution in [3.8, 4) is 0 Å². The molecule has 1 aliphatic heterocycles. The number of hydrogen-bond donors (Lipinski definition) is 1. The van der Waals surface area contributed by atoms with Crippen LogP contribution in [0.5, 0.6) is 0 Å². The Morgan fingerprint density at radius 2 is 1.89 bits per heavy atom. The summed E-state index contributed by atoms with van der Waals surface area (Å²) in [6, 6.07) is 13.7. The van der Waals surface area contributed by atoms with Crippen LogP contribution in [0.15, 0.2) is 47.4 Å². The maximum Gasteiger partial charge on any atom is 0.255 e. The predicted molar refractivity (Wildman–Crippen MR) is 111 cm³/mol. The number of para-hydroxylation sites is 1. The number of nitrogens with one attached hydrogen (secondary N) is 1. The third-order valence-corrected chi connectivity index (χ3v) is 6.76. The van der Waals surface area contributed by atoms with Crippen molar-refractivity contribution in [2.24, 2.45) is 0 Å². The van der Waals surface area contributed by atoms with E-state index in [1.165, 1.54) is 25.7 Å². The molecule has 2 aliphatic rings. The van der Waals surface area contributed by atoms with Gasteiger partial charge in [0.25, 0.3) is 5.91 Å². The number of rotatable bonds is 4. The number of anilines is 2. The van der Waals surface area contributed by atoms with Gasteiger partial charge in [0.1, 0.15) is 0 Å². The fourth-order valence-corrected chi connectivity index (χ4v) is 5.25. The summed E-state index contributed by atoms with van der Waals surface area (Å²) >= 11 is 1.88. The molecule has 27 heavy (non-hydrogen) atoms. The molecule has 4 nitrogen and oxygen atoms in total. The fraction of sp³-hybridized carbons (Fsp3) is 0.364. The van der Waals surface area contributed by atoms with Crippen LogP contribution in [0.4, 0.5) is 11.4 Å². The van der Waals surface area contributed by atoms with Crippen LogP contribution in [-0.4, -0.2) is 23.6 Å². The molecule has 0 aromatic heterocycles. The number of amides is 2. The lowest BCUT2D eigenvalue weighted by Crippen LogP contribution is -2.25. The highest BCUT2D eigenvalue weighted by Gasteiger charge is 2.23. The van der Waals surface area contributed by atoms with Gasteiger partial charge >= 0.3 is 0 Å². The van der Waals surface area contributed by atoms with Gasteiger partial charge in [-0.1, -0.05) is 25.0 Å². The Morgan fingerprint density at radius 1 is 1.11 bits per heavy atom. The zero-order chi connectivity index (χ0) is 18.8. The van der Waals surface area contributed by atoms with Crippen LogP contribution in [-0.2, 0) is 11.2 Å². The predicted octanol–water partition coefficient (Wildman–Crippen LogP) is 4.88. The molecule has 5 heteroatoms. The first kappa shape index (κ1) is 18.1. The van der Waals surface area contributed by atoms with Gasteiger partial charge in [0, 0.05) is 34.9 Å². The van der Waals surface area contributed by atoms with Crippen LogP contribution < -0.4 is 10.2 Å². The lowest BCUT2D eigenvalue weighted by atomic mass is 10.1. The topological polar surface area (TPSA) is 49.4 Å². The second-order valence-corrected chi connectivity index (χ2v) is 8.58. The van der Waals surface area contributed by atoms with Gasteiger partial charge in [0.05, 0.1) is 5.69 Å². The average Bonchev–Trinajstić information content (AvgIpc) is 3.32. The number of thioether (sulfide) groups is 1. The number of hydrogen-bond acceptors (Lipinski definition) is 3. The number of carbonyl (C=O) groups excluding carboxylic acids is 2. The highest BCUT2D eigenvalue weighted by Crippen LogP contribution is 2.38. The summed E-state index contributed by atoms with van der Waals surface area (Å²) in [4.78, 5) is 27.4. The highest BCUT2D eigenvalue weighted by atomic mass is 32.2. The summed E-state index contributed by atoms with van der Waals surface area (Å²) in [5.74, 6) is -0.0534. The highest BCUT2D eigenvalue weighted by molar-refractivity contribution is 8.00. The Morgan fingerprint density at radius 3 is 2.67 bits per heavy atom. The van der Waals surface area contributed by atoms with Crippen LogP contribution >= 0.6 is 11.8 Å². The number of carbonyl (C=O) groups is 2. The number of nitrogens with zero attached hydrogens (tertiary/aromatic N) is 1. The van der Waals surface area contributed by atoms with Crippen LogP contribution in [0.25, 0.3) is 0 Å². The van der Waals surface area contributed by atoms with Gasteiger partial charge in [0.2, 0.25) is 5.91 Å². The molecule has 4 rings (SSSR count). The number of benzene rings is 2. The molecule has 0 atom stereocenters. The SMILES string of the molecule is CC(=O)N1CCc2cc(C(=O)Nc3ccccc3SC3CCCC3)ccc21. The normalized spacial score (nSPS) is 16.4. The Hall–Kier alpha value is -2.27. The maximum atomic E-state index is 12.8. The van der Waals surface area contributed by atoms with Crippen molar-refractivity contribution in [3.05, 3.63) is 53.6 Å². The molecule has 0 spiro atoms. The molecule has 1 aliphatic carbocycles. The van der Waals surface area contributed by atoms with Gasteiger partial charge in [0.15, 0.2) is 0 Å². The Labute approximate surface area is 164 Å². The molecular formula is C22H24N2O2S. The van der Waals surface area contributed by atoms with Gasteiger partial charge in [-0.25, -0.2) is 0 Å². The summed E-state index contributed by atoms with van der Waals surface area (Å²) in [6.07, 6.45) is 5.91. The lowest BCUT2D eigenvalue weighted by molar-refractivity contribution is -0.116. The van der Waals surface area contributed by atoms with Crippen molar-refractivity contribution in [3.63, 3.8) is 0 Å². The summed E-state index contributed by atoms with van der Waals surface area (Å²) in [5, 5.41) is 3.74. The van der Waals surface area contributed by atoms with E-state index in [1.54, 1.807) is 11.8 Å². The van der Waals surface area contributed by atoms with Gasteiger partial charge < -0.3 is 10.2 Å². The van der Waals surface area contributed by atoms with Gasteiger partial charge in [-0.3, -0.25) is 9.59 Å². The molecule has 0 radical (unpaired) electrons. The summed E-state index contributed by atoms with van der Waals surface area (Å²) < 4.78 is 0. The van der Waals surface area contributed by atoms with E-state index < -0.39 is 0 Å². The van der Waals surface area contributed by atoms with Crippen LogP contribution in [0.1, 0.15) is 48.5 Å². The minimum absolute atomic E-state index is 0.0452.